The lowest BCUT2D eigenvalue weighted by atomic mass is 10.1. The van der Waals surface area contributed by atoms with Crippen molar-refractivity contribution < 1.29 is 9.53 Å². The molecule has 0 heterocycles. The fourth-order valence-electron chi connectivity index (χ4n) is 3.45. The maximum absolute atomic E-state index is 11.7. The number of rotatable bonds is 21. The van der Waals surface area contributed by atoms with Gasteiger partial charge in [0, 0.05) is 6.42 Å². The predicted molar refractivity (Wildman–Crippen MR) is 128 cm³/mol. The first kappa shape index (κ1) is 28.2. The van der Waals surface area contributed by atoms with Crippen molar-refractivity contribution in [3.05, 3.63) is 12.2 Å². The standard InChI is InChI=1S/C27H52O2/c1-5-6-7-8-9-10-11-12-13-14-15-16-17-18-19-20-21-22-23-24-27(28)29-26(4)25(2)3/h12-13,25-26H,5-11,14-24H2,1-4H3/b13-12+. The molecule has 29 heavy (non-hydrogen) atoms. The Bertz CT molecular complexity index is 373. The Balaban J connectivity index is 3.22. The van der Waals surface area contributed by atoms with Crippen LogP contribution in [-0.4, -0.2) is 12.1 Å². The van der Waals surface area contributed by atoms with E-state index in [2.05, 4.69) is 32.9 Å². The van der Waals surface area contributed by atoms with Crippen LogP contribution < -0.4 is 0 Å². The zero-order chi connectivity index (χ0) is 21.6. The van der Waals surface area contributed by atoms with Gasteiger partial charge < -0.3 is 4.74 Å². The van der Waals surface area contributed by atoms with Crippen molar-refractivity contribution in [2.75, 3.05) is 0 Å². The van der Waals surface area contributed by atoms with E-state index in [-0.39, 0.29) is 12.1 Å². The van der Waals surface area contributed by atoms with E-state index in [1.807, 2.05) is 6.92 Å². The Hall–Kier alpha value is -0.790. The van der Waals surface area contributed by atoms with Gasteiger partial charge in [-0.2, -0.15) is 0 Å². The van der Waals surface area contributed by atoms with Crippen molar-refractivity contribution in [1.29, 1.82) is 0 Å². The fourth-order valence-corrected chi connectivity index (χ4v) is 3.45. The second-order valence-corrected chi connectivity index (χ2v) is 9.19. The fraction of sp³-hybridized carbons (Fsp3) is 0.889. The van der Waals surface area contributed by atoms with Gasteiger partial charge in [-0.3, -0.25) is 4.79 Å². The number of unbranched alkanes of at least 4 members (excludes halogenated alkanes) is 15. The minimum absolute atomic E-state index is 0.0211. The normalized spacial score (nSPS) is 12.7. The van der Waals surface area contributed by atoms with E-state index >= 15 is 0 Å². The highest BCUT2D eigenvalue weighted by Gasteiger charge is 2.12. The summed E-state index contributed by atoms with van der Waals surface area (Å²) in [5.74, 6) is 0.382. The minimum atomic E-state index is -0.0211. The molecule has 0 spiro atoms. The quantitative estimate of drug-likeness (QED) is 0.107. The Morgan fingerprint density at radius 3 is 1.52 bits per heavy atom. The Kier molecular flexibility index (Phi) is 21.3. The van der Waals surface area contributed by atoms with Crippen LogP contribution in [0.2, 0.25) is 0 Å². The lowest BCUT2D eigenvalue weighted by molar-refractivity contribution is -0.150. The molecule has 1 atom stereocenters. The van der Waals surface area contributed by atoms with Gasteiger partial charge in [-0.05, 0) is 44.9 Å². The van der Waals surface area contributed by atoms with Gasteiger partial charge in [0.2, 0.25) is 0 Å². The highest BCUT2D eigenvalue weighted by atomic mass is 16.5. The summed E-state index contributed by atoms with van der Waals surface area (Å²) in [5, 5.41) is 0. The lowest BCUT2D eigenvalue weighted by Gasteiger charge is -2.16. The zero-order valence-electron chi connectivity index (χ0n) is 20.4. The van der Waals surface area contributed by atoms with E-state index in [1.165, 1.54) is 96.3 Å². The summed E-state index contributed by atoms with van der Waals surface area (Å²) in [6, 6.07) is 0. The highest BCUT2D eigenvalue weighted by Crippen LogP contribution is 2.13. The molecule has 0 rings (SSSR count). The number of hydrogen-bond donors (Lipinski definition) is 0. The summed E-state index contributed by atoms with van der Waals surface area (Å²) in [4.78, 5) is 11.7. The minimum Gasteiger partial charge on any atom is -0.462 e. The molecule has 0 saturated carbocycles. The Morgan fingerprint density at radius 1 is 0.655 bits per heavy atom. The van der Waals surface area contributed by atoms with Crippen LogP contribution in [0.3, 0.4) is 0 Å². The van der Waals surface area contributed by atoms with Crippen LogP contribution in [0.25, 0.3) is 0 Å². The number of carbonyl (C=O) groups is 1. The maximum atomic E-state index is 11.7. The van der Waals surface area contributed by atoms with Gasteiger partial charge in [0.05, 0.1) is 0 Å². The van der Waals surface area contributed by atoms with E-state index < -0.39 is 0 Å². The third-order valence-electron chi connectivity index (χ3n) is 5.90. The van der Waals surface area contributed by atoms with Crippen LogP contribution in [0.1, 0.15) is 143 Å². The van der Waals surface area contributed by atoms with E-state index in [4.69, 9.17) is 4.74 Å². The molecule has 2 heteroatoms. The molecule has 0 aromatic carbocycles. The maximum Gasteiger partial charge on any atom is 0.306 e. The van der Waals surface area contributed by atoms with Gasteiger partial charge in [0.15, 0.2) is 0 Å². The lowest BCUT2D eigenvalue weighted by Crippen LogP contribution is -2.19. The first-order chi connectivity index (χ1) is 14.1. The average Bonchev–Trinajstić information content (AvgIpc) is 2.69. The summed E-state index contributed by atoms with van der Waals surface area (Å²) in [7, 11) is 0. The molecule has 0 N–H and O–H groups in total. The van der Waals surface area contributed by atoms with Crippen molar-refractivity contribution >= 4 is 5.97 Å². The molecule has 0 aliphatic heterocycles. The van der Waals surface area contributed by atoms with Crippen LogP contribution in [0, 0.1) is 5.92 Å². The van der Waals surface area contributed by atoms with Gasteiger partial charge in [-0.15, -0.1) is 0 Å². The van der Waals surface area contributed by atoms with E-state index in [0.29, 0.717) is 12.3 Å². The highest BCUT2D eigenvalue weighted by molar-refractivity contribution is 5.69. The Labute approximate surface area is 183 Å². The molecule has 0 saturated heterocycles. The molecule has 1 unspecified atom stereocenters. The SMILES string of the molecule is CCCCCCCC/C=C/CCCCCCCCCCCC(=O)OC(C)C(C)C. The van der Waals surface area contributed by atoms with Crippen molar-refractivity contribution in [2.24, 2.45) is 5.92 Å². The molecule has 0 aromatic heterocycles. The van der Waals surface area contributed by atoms with Crippen molar-refractivity contribution in [1.82, 2.24) is 0 Å². The van der Waals surface area contributed by atoms with Crippen LogP contribution in [0.5, 0.6) is 0 Å². The molecule has 0 aromatic rings. The van der Waals surface area contributed by atoms with Crippen LogP contribution in [-0.2, 0) is 9.53 Å². The number of ether oxygens (including phenoxy) is 1. The summed E-state index contributed by atoms with van der Waals surface area (Å²) in [6.45, 7) is 8.44. The number of carbonyl (C=O) groups excluding carboxylic acids is 1. The third kappa shape index (κ3) is 21.7. The van der Waals surface area contributed by atoms with Gasteiger partial charge in [-0.1, -0.05) is 110 Å². The average molecular weight is 409 g/mol. The van der Waals surface area contributed by atoms with Crippen molar-refractivity contribution in [3.63, 3.8) is 0 Å². The van der Waals surface area contributed by atoms with Crippen LogP contribution >= 0.6 is 0 Å². The molecule has 0 bridgehead atoms. The summed E-state index contributed by atoms with van der Waals surface area (Å²) >= 11 is 0. The largest absolute Gasteiger partial charge is 0.462 e. The first-order valence-corrected chi connectivity index (χ1v) is 12.9. The Morgan fingerprint density at radius 2 is 1.07 bits per heavy atom. The second-order valence-electron chi connectivity index (χ2n) is 9.19. The van der Waals surface area contributed by atoms with Crippen LogP contribution in [0.4, 0.5) is 0 Å². The number of allylic oxidation sites excluding steroid dienone is 2. The number of esters is 1. The smallest absolute Gasteiger partial charge is 0.306 e. The summed E-state index contributed by atoms with van der Waals surface area (Å²) in [6.07, 6.45) is 27.9. The third-order valence-corrected chi connectivity index (χ3v) is 5.90. The number of hydrogen-bond acceptors (Lipinski definition) is 2. The molecular formula is C27H52O2. The van der Waals surface area contributed by atoms with Gasteiger partial charge >= 0.3 is 5.97 Å². The molecule has 0 aliphatic carbocycles. The van der Waals surface area contributed by atoms with Crippen LogP contribution in [0.15, 0.2) is 12.2 Å². The molecular weight excluding hydrogens is 356 g/mol. The van der Waals surface area contributed by atoms with Crippen molar-refractivity contribution in [2.45, 2.75) is 149 Å². The molecule has 0 fully saturated rings. The topological polar surface area (TPSA) is 26.3 Å². The summed E-state index contributed by atoms with van der Waals surface area (Å²) in [5.41, 5.74) is 0. The molecule has 2 nitrogen and oxygen atoms in total. The van der Waals surface area contributed by atoms with Gasteiger partial charge in [0.1, 0.15) is 6.10 Å². The first-order valence-electron chi connectivity index (χ1n) is 12.9. The molecule has 0 amide bonds. The van der Waals surface area contributed by atoms with Gasteiger partial charge in [0.25, 0.3) is 0 Å². The van der Waals surface area contributed by atoms with Gasteiger partial charge in [-0.25, -0.2) is 0 Å². The predicted octanol–water partition coefficient (Wildman–Crippen LogP) is 9.17. The molecule has 0 radical (unpaired) electrons. The van der Waals surface area contributed by atoms with Crippen molar-refractivity contribution in [3.8, 4) is 0 Å². The van der Waals surface area contributed by atoms with E-state index in [1.54, 1.807) is 0 Å². The monoisotopic (exact) mass is 408 g/mol. The summed E-state index contributed by atoms with van der Waals surface area (Å²) < 4.78 is 5.41. The molecule has 0 aliphatic rings. The van der Waals surface area contributed by atoms with E-state index in [9.17, 15) is 4.79 Å². The second kappa shape index (κ2) is 21.9. The zero-order valence-corrected chi connectivity index (χ0v) is 20.4. The van der Waals surface area contributed by atoms with E-state index in [0.717, 1.165) is 12.8 Å². The molecule has 172 valence electrons.